The van der Waals surface area contributed by atoms with Gasteiger partial charge in [0.1, 0.15) is 0 Å². The van der Waals surface area contributed by atoms with E-state index in [0.29, 0.717) is 31.9 Å². The summed E-state index contributed by atoms with van der Waals surface area (Å²) in [4.78, 5) is 13.9. The molecule has 1 aromatic carbocycles. The summed E-state index contributed by atoms with van der Waals surface area (Å²) in [6.07, 6.45) is 0. The third-order valence-electron chi connectivity index (χ3n) is 2.44. The average Bonchev–Trinajstić information content (AvgIpc) is 2.39. The normalized spacial score (nSPS) is 10.2. The molecule has 17 heavy (non-hydrogen) atoms. The molecular formula is C13H19NO3. The van der Waals surface area contributed by atoms with Crippen LogP contribution in [0.4, 0.5) is 0 Å². The Kier molecular flexibility index (Phi) is 6.29. The van der Waals surface area contributed by atoms with E-state index in [1.807, 2.05) is 30.3 Å². The summed E-state index contributed by atoms with van der Waals surface area (Å²) in [7, 11) is 3.25. The Morgan fingerprint density at radius 3 is 2.06 bits per heavy atom. The van der Waals surface area contributed by atoms with Crippen molar-refractivity contribution in [1.82, 2.24) is 4.90 Å². The number of ether oxygens (including phenoxy) is 2. The van der Waals surface area contributed by atoms with Crippen molar-refractivity contribution in [3.8, 4) is 0 Å². The van der Waals surface area contributed by atoms with Gasteiger partial charge in [-0.15, -0.1) is 0 Å². The number of carbonyl (C=O) groups is 1. The van der Waals surface area contributed by atoms with E-state index < -0.39 is 0 Å². The van der Waals surface area contributed by atoms with E-state index in [1.165, 1.54) is 0 Å². The molecule has 0 radical (unpaired) electrons. The topological polar surface area (TPSA) is 38.8 Å². The van der Waals surface area contributed by atoms with Gasteiger partial charge in [0, 0.05) is 32.9 Å². The van der Waals surface area contributed by atoms with E-state index in [9.17, 15) is 4.79 Å². The lowest BCUT2D eigenvalue weighted by Crippen LogP contribution is -2.36. The van der Waals surface area contributed by atoms with Gasteiger partial charge in [-0.3, -0.25) is 4.79 Å². The molecule has 0 aromatic heterocycles. The zero-order valence-electron chi connectivity index (χ0n) is 10.4. The smallest absolute Gasteiger partial charge is 0.254 e. The van der Waals surface area contributed by atoms with E-state index in [0.717, 1.165) is 0 Å². The molecule has 0 atom stereocenters. The predicted molar refractivity (Wildman–Crippen MR) is 66.1 cm³/mol. The van der Waals surface area contributed by atoms with Gasteiger partial charge in [-0.05, 0) is 12.1 Å². The van der Waals surface area contributed by atoms with E-state index in [1.54, 1.807) is 19.1 Å². The maximum Gasteiger partial charge on any atom is 0.254 e. The third-order valence-corrected chi connectivity index (χ3v) is 2.44. The molecule has 0 aliphatic heterocycles. The van der Waals surface area contributed by atoms with Crippen molar-refractivity contribution in [2.75, 3.05) is 40.5 Å². The summed E-state index contributed by atoms with van der Waals surface area (Å²) in [5, 5.41) is 0. The van der Waals surface area contributed by atoms with Crippen LogP contribution in [0.25, 0.3) is 0 Å². The third kappa shape index (κ3) is 4.54. The average molecular weight is 237 g/mol. The van der Waals surface area contributed by atoms with Gasteiger partial charge in [-0.25, -0.2) is 0 Å². The van der Waals surface area contributed by atoms with Crippen molar-refractivity contribution in [3.05, 3.63) is 35.9 Å². The Balaban J connectivity index is 2.64. The summed E-state index contributed by atoms with van der Waals surface area (Å²) in [5.74, 6) is 0.0136. The Labute approximate surface area is 102 Å². The first-order valence-electron chi connectivity index (χ1n) is 5.61. The van der Waals surface area contributed by atoms with Gasteiger partial charge in [-0.1, -0.05) is 18.2 Å². The van der Waals surface area contributed by atoms with Crippen LogP contribution in [-0.4, -0.2) is 51.3 Å². The number of nitrogens with zero attached hydrogens (tertiary/aromatic N) is 1. The molecule has 0 fully saturated rings. The van der Waals surface area contributed by atoms with Crippen LogP contribution in [0.15, 0.2) is 30.3 Å². The van der Waals surface area contributed by atoms with Crippen molar-refractivity contribution in [3.63, 3.8) is 0 Å². The molecule has 0 saturated heterocycles. The molecule has 0 saturated carbocycles. The number of methoxy groups -OCH3 is 2. The fourth-order valence-electron chi connectivity index (χ4n) is 1.48. The van der Waals surface area contributed by atoms with Crippen LogP contribution < -0.4 is 0 Å². The standard InChI is InChI=1S/C13H19NO3/c1-16-10-8-14(9-11-17-2)13(15)12-6-4-3-5-7-12/h3-7H,8-11H2,1-2H3. The molecule has 94 valence electrons. The predicted octanol–water partition coefficient (Wildman–Crippen LogP) is 1.42. The first kappa shape index (κ1) is 13.7. The van der Waals surface area contributed by atoms with Gasteiger partial charge in [0.25, 0.3) is 5.91 Å². The second kappa shape index (κ2) is 7.81. The lowest BCUT2D eigenvalue weighted by Gasteiger charge is -2.22. The fraction of sp³-hybridized carbons (Fsp3) is 0.462. The molecule has 4 nitrogen and oxygen atoms in total. The molecule has 0 aliphatic carbocycles. The van der Waals surface area contributed by atoms with Crippen molar-refractivity contribution < 1.29 is 14.3 Å². The molecule has 1 aromatic rings. The van der Waals surface area contributed by atoms with Gasteiger partial charge in [-0.2, -0.15) is 0 Å². The quantitative estimate of drug-likeness (QED) is 0.720. The first-order chi connectivity index (χ1) is 8.29. The summed E-state index contributed by atoms with van der Waals surface area (Å²) in [5.41, 5.74) is 0.694. The maximum absolute atomic E-state index is 12.2. The minimum atomic E-state index is 0.0136. The van der Waals surface area contributed by atoms with Gasteiger partial charge >= 0.3 is 0 Å². The minimum absolute atomic E-state index is 0.0136. The van der Waals surface area contributed by atoms with Crippen molar-refractivity contribution in [2.24, 2.45) is 0 Å². The number of hydrogen-bond donors (Lipinski definition) is 0. The second-order valence-electron chi connectivity index (χ2n) is 3.64. The Morgan fingerprint density at radius 2 is 1.59 bits per heavy atom. The Morgan fingerprint density at radius 1 is 1.06 bits per heavy atom. The Bertz CT molecular complexity index is 319. The molecule has 1 rings (SSSR count). The van der Waals surface area contributed by atoms with Crippen molar-refractivity contribution >= 4 is 5.91 Å². The second-order valence-corrected chi connectivity index (χ2v) is 3.64. The first-order valence-corrected chi connectivity index (χ1v) is 5.61. The summed E-state index contributed by atoms with van der Waals surface area (Å²) in [6.45, 7) is 2.21. The highest BCUT2D eigenvalue weighted by Gasteiger charge is 2.14. The highest BCUT2D eigenvalue weighted by atomic mass is 16.5. The van der Waals surface area contributed by atoms with E-state index in [4.69, 9.17) is 9.47 Å². The zero-order valence-corrected chi connectivity index (χ0v) is 10.4. The fourth-order valence-corrected chi connectivity index (χ4v) is 1.48. The number of carbonyl (C=O) groups excluding carboxylic acids is 1. The molecule has 1 amide bonds. The SMILES string of the molecule is COCCN(CCOC)C(=O)c1ccccc1. The van der Waals surface area contributed by atoms with Crippen LogP contribution in [0.5, 0.6) is 0 Å². The molecule has 0 aliphatic rings. The summed E-state index contributed by atoms with van der Waals surface area (Å²) in [6, 6.07) is 9.24. The van der Waals surface area contributed by atoms with Crippen LogP contribution in [-0.2, 0) is 9.47 Å². The molecular weight excluding hydrogens is 218 g/mol. The van der Waals surface area contributed by atoms with E-state index >= 15 is 0 Å². The molecule has 0 bridgehead atoms. The van der Waals surface area contributed by atoms with Crippen molar-refractivity contribution in [1.29, 1.82) is 0 Å². The molecule has 4 heteroatoms. The van der Waals surface area contributed by atoms with E-state index in [-0.39, 0.29) is 5.91 Å². The monoisotopic (exact) mass is 237 g/mol. The Hall–Kier alpha value is -1.39. The van der Waals surface area contributed by atoms with Gasteiger partial charge in [0.15, 0.2) is 0 Å². The minimum Gasteiger partial charge on any atom is -0.383 e. The van der Waals surface area contributed by atoms with E-state index in [2.05, 4.69) is 0 Å². The maximum atomic E-state index is 12.2. The molecule has 0 unspecified atom stereocenters. The number of benzene rings is 1. The van der Waals surface area contributed by atoms with Gasteiger partial charge in [0.2, 0.25) is 0 Å². The van der Waals surface area contributed by atoms with Crippen LogP contribution >= 0.6 is 0 Å². The number of rotatable bonds is 7. The van der Waals surface area contributed by atoms with Crippen LogP contribution in [0, 0.1) is 0 Å². The van der Waals surface area contributed by atoms with Crippen LogP contribution in [0.2, 0.25) is 0 Å². The lowest BCUT2D eigenvalue weighted by molar-refractivity contribution is 0.0627. The number of hydrogen-bond acceptors (Lipinski definition) is 3. The lowest BCUT2D eigenvalue weighted by atomic mass is 10.2. The number of amides is 1. The highest BCUT2D eigenvalue weighted by Crippen LogP contribution is 2.04. The molecule has 0 heterocycles. The largest absolute Gasteiger partial charge is 0.383 e. The van der Waals surface area contributed by atoms with Gasteiger partial charge in [0.05, 0.1) is 13.2 Å². The molecule has 0 N–H and O–H groups in total. The summed E-state index contributed by atoms with van der Waals surface area (Å²) >= 11 is 0. The summed E-state index contributed by atoms with van der Waals surface area (Å²) < 4.78 is 10.0. The zero-order chi connectivity index (χ0) is 12.5. The molecule has 0 spiro atoms. The van der Waals surface area contributed by atoms with Crippen molar-refractivity contribution in [2.45, 2.75) is 0 Å². The van der Waals surface area contributed by atoms with Crippen LogP contribution in [0.3, 0.4) is 0 Å². The van der Waals surface area contributed by atoms with Gasteiger partial charge < -0.3 is 14.4 Å². The highest BCUT2D eigenvalue weighted by molar-refractivity contribution is 5.94. The van der Waals surface area contributed by atoms with Crippen LogP contribution in [0.1, 0.15) is 10.4 Å².